The summed E-state index contributed by atoms with van der Waals surface area (Å²) in [4.78, 5) is 2.37. The molecule has 0 spiro atoms. The topological polar surface area (TPSA) is 67.2 Å². The van der Waals surface area contributed by atoms with Gasteiger partial charge in [-0.2, -0.15) is 0 Å². The molecule has 1 aliphatic rings. The van der Waals surface area contributed by atoms with E-state index in [9.17, 15) is 0 Å². The third-order valence-corrected chi connectivity index (χ3v) is 6.91. The van der Waals surface area contributed by atoms with Crippen molar-refractivity contribution >= 4 is 42.3 Å². The molecule has 2 atom stereocenters. The second-order valence-corrected chi connectivity index (χ2v) is 9.32. The molecule has 0 aliphatic heterocycles. The Bertz CT molecular complexity index is 1260. The highest BCUT2D eigenvalue weighted by Gasteiger charge is 2.34. The maximum Gasteiger partial charge on any atom is 0.193 e. The van der Waals surface area contributed by atoms with Gasteiger partial charge in [0.05, 0.1) is 5.69 Å². The second kappa shape index (κ2) is 10.5. The minimum atomic E-state index is 0.333. The number of para-hydroxylation sites is 1. The maximum absolute atomic E-state index is 5.98. The van der Waals surface area contributed by atoms with E-state index in [1.54, 1.807) is 4.57 Å². The molecule has 35 heavy (non-hydrogen) atoms. The fraction of sp³-hybridized carbons (Fsp3) is 0.231. The van der Waals surface area contributed by atoms with E-state index in [2.05, 4.69) is 94.4 Å². The van der Waals surface area contributed by atoms with E-state index in [-0.39, 0.29) is 0 Å². The molecule has 1 saturated carbocycles. The highest BCUT2D eigenvalue weighted by atomic mass is 32.1. The van der Waals surface area contributed by atoms with Crippen molar-refractivity contribution in [2.75, 3.05) is 29.3 Å². The summed E-state index contributed by atoms with van der Waals surface area (Å²) in [5.74, 6) is 0.806. The molecule has 180 valence electrons. The zero-order chi connectivity index (χ0) is 24.2. The van der Waals surface area contributed by atoms with Crippen molar-refractivity contribution in [3.05, 3.63) is 78.9 Å². The minimum Gasteiger partial charge on any atom is -0.473 e. The summed E-state index contributed by atoms with van der Waals surface area (Å²) in [5, 5.41) is 15.8. The van der Waals surface area contributed by atoms with Gasteiger partial charge in [0.2, 0.25) is 0 Å². The third kappa shape index (κ3) is 5.36. The standard InChI is InChI=1S/C26H28N6OS2/c1-31(20-9-3-2-4-10-20)24-14-13-23(24)28-19-8-6-12-22(16-19)33-17-27-18-7-5-11-21(15-18)32-25(34)29-30-26(32)35/h2-12,15-16,23-24,27-28H,13-14,17H2,1H3,(H,29,34)(H,30,35). The molecule has 0 saturated heterocycles. The number of nitrogens with one attached hydrogen (secondary N) is 2. The van der Waals surface area contributed by atoms with Crippen LogP contribution in [0.2, 0.25) is 0 Å². The van der Waals surface area contributed by atoms with Gasteiger partial charge >= 0.3 is 0 Å². The van der Waals surface area contributed by atoms with Gasteiger partial charge in [-0.1, -0.05) is 30.3 Å². The molecule has 1 fully saturated rings. The Morgan fingerprint density at radius 2 is 1.66 bits per heavy atom. The minimum absolute atomic E-state index is 0.333. The van der Waals surface area contributed by atoms with Crippen LogP contribution >= 0.6 is 25.3 Å². The van der Waals surface area contributed by atoms with Gasteiger partial charge in [-0.05, 0) is 55.3 Å². The quantitative estimate of drug-likeness (QED) is 0.182. The first-order chi connectivity index (χ1) is 17.1. The lowest BCUT2D eigenvalue weighted by atomic mass is 9.84. The summed E-state index contributed by atoms with van der Waals surface area (Å²) in [6, 6.07) is 27.4. The summed E-state index contributed by atoms with van der Waals surface area (Å²) in [6.07, 6.45) is 2.33. The Hall–Kier alpha value is -3.30. The molecule has 3 aromatic carbocycles. The Labute approximate surface area is 216 Å². The lowest BCUT2D eigenvalue weighted by molar-refractivity contribution is 0.345. The molecule has 5 rings (SSSR count). The van der Waals surface area contributed by atoms with Crippen molar-refractivity contribution in [2.24, 2.45) is 0 Å². The van der Waals surface area contributed by atoms with E-state index in [0.29, 0.717) is 29.1 Å². The van der Waals surface area contributed by atoms with Crippen molar-refractivity contribution in [1.82, 2.24) is 14.8 Å². The van der Waals surface area contributed by atoms with Gasteiger partial charge in [0.1, 0.15) is 5.75 Å². The summed E-state index contributed by atoms with van der Waals surface area (Å²) < 4.78 is 7.74. The van der Waals surface area contributed by atoms with Crippen LogP contribution in [0.1, 0.15) is 12.8 Å². The first-order valence-electron chi connectivity index (χ1n) is 11.5. The highest BCUT2D eigenvalue weighted by molar-refractivity contribution is 7.80. The Morgan fingerprint density at radius 1 is 0.914 bits per heavy atom. The summed E-state index contributed by atoms with van der Waals surface area (Å²) in [6.45, 7) is 0.333. The summed E-state index contributed by atoms with van der Waals surface area (Å²) in [5.41, 5.74) is 4.09. The van der Waals surface area contributed by atoms with Gasteiger partial charge in [-0.25, -0.2) is 0 Å². The molecule has 1 heterocycles. The van der Waals surface area contributed by atoms with Gasteiger partial charge < -0.3 is 20.3 Å². The van der Waals surface area contributed by atoms with Crippen molar-refractivity contribution < 1.29 is 4.74 Å². The van der Waals surface area contributed by atoms with E-state index in [1.807, 2.05) is 42.5 Å². The molecular formula is C26H28N6OS2. The average molecular weight is 505 g/mol. The molecule has 7 nitrogen and oxygen atoms in total. The van der Waals surface area contributed by atoms with Crippen molar-refractivity contribution in [1.29, 1.82) is 0 Å². The fourth-order valence-corrected chi connectivity index (χ4v) is 4.90. The van der Waals surface area contributed by atoms with Gasteiger partial charge in [0.15, 0.2) is 17.0 Å². The average Bonchev–Trinajstić information content (AvgIpc) is 3.20. The first kappa shape index (κ1) is 23.4. The molecule has 4 aromatic rings. The van der Waals surface area contributed by atoms with Gasteiger partial charge in [0, 0.05) is 42.3 Å². The van der Waals surface area contributed by atoms with Crippen LogP contribution in [-0.2, 0) is 0 Å². The van der Waals surface area contributed by atoms with Crippen molar-refractivity contribution in [3.63, 3.8) is 0 Å². The number of rotatable bonds is 9. The molecule has 9 heteroatoms. The molecule has 0 bridgehead atoms. The fourth-order valence-electron chi connectivity index (χ4n) is 4.32. The first-order valence-corrected chi connectivity index (χ1v) is 12.4. The predicted molar refractivity (Wildman–Crippen MR) is 147 cm³/mol. The lowest BCUT2D eigenvalue weighted by Gasteiger charge is -2.44. The van der Waals surface area contributed by atoms with Crippen LogP contribution in [-0.4, -0.2) is 40.6 Å². The number of anilines is 3. The molecule has 1 aliphatic carbocycles. The Balaban J connectivity index is 1.17. The van der Waals surface area contributed by atoms with E-state index < -0.39 is 0 Å². The number of ether oxygens (including phenoxy) is 1. The van der Waals surface area contributed by atoms with Crippen molar-refractivity contribution in [2.45, 2.75) is 35.2 Å². The lowest BCUT2D eigenvalue weighted by Crippen LogP contribution is -2.52. The number of thiol groups is 2. The molecule has 0 amide bonds. The normalized spacial score (nSPS) is 16.9. The van der Waals surface area contributed by atoms with Crippen LogP contribution in [0.25, 0.3) is 5.69 Å². The molecule has 2 unspecified atom stereocenters. The number of likely N-dealkylation sites (N-methyl/N-ethyl adjacent to an activating group) is 1. The number of hydrogen-bond donors (Lipinski definition) is 4. The van der Waals surface area contributed by atoms with Crippen LogP contribution in [0.5, 0.6) is 5.75 Å². The van der Waals surface area contributed by atoms with Crippen LogP contribution in [0.4, 0.5) is 17.1 Å². The van der Waals surface area contributed by atoms with E-state index >= 15 is 0 Å². The zero-order valence-corrected chi connectivity index (χ0v) is 21.2. The summed E-state index contributed by atoms with van der Waals surface area (Å²) >= 11 is 8.70. The van der Waals surface area contributed by atoms with E-state index in [0.717, 1.165) is 29.2 Å². The smallest absolute Gasteiger partial charge is 0.193 e. The van der Waals surface area contributed by atoms with Crippen molar-refractivity contribution in [3.8, 4) is 11.4 Å². The van der Waals surface area contributed by atoms with Crippen LogP contribution in [0.3, 0.4) is 0 Å². The number of hydrogen-bond acceptors (Lipinski definition) is 8. The Kier molecular flexibility index (Phi) is 7.06. The number of nitrogens with zero attached hydrogens (tertiary/aromatic N) is 4. The number of benzene rings is 3. The molecule has 2 N–H and O–H groups in total. The monoisotopic (exact) mass is 504 g/mol. The largest absolute Gasteiger partial charge is 0.473 e. The number of aromatic nitrogens is 3. The van der Waals surface area contributed by atoms with Crippen LogP contribution in [0.15, 0.2) is 89.2 Å². The molecular weight excluding hydrogens is 476 g/mol. The predicted octanol–water partition coefficient (Wildman–Crippen LogP) is 5.37. The van der Waals surface area contributed by atoms with E-state index in [1.165, 1.54) is 12.1 Å². The SMILES string of the molecule is CN(c1ccccc1)C1CCC1Nc1cccc(OCNc2cccc(-n3c(S)nnc3S)c2)c1. The van der Waals surface area contributed by atoms with Gasteiger partial charge in [-0.15, -0.1) is 35.5 Å². The Morgan fingerprint density at radius 3 is 2.40 bits per heavy atom. The molecule has 0 radical (unpaired) electrons. The second-order valence-electron chi connectivity index (χ2n) is 8.52. The van der Waals surface area contributed by atoms with Crippen LogP contribution < -0.4 is 20.3 Å². The van der Waals surface area contributed by atoms with Gasteiger partial charge in [0.25, 0.3) is 0 Å². The third-order valence-electron chi connectivity index (χ3n) is 6.33. The van der Waals surface area contributed by atoms with Crippen LogP contribution in [0, 0.1) is 0 Å². The highest BCUT2D eigenvalue weighted by Crippen LogP contribution is 2.32. The van der Waals surface area contributed by atoms with E-state index in [4.69, 9.17) is 4.74 Å². The maximum atomic E-state index is 5.98. The molecule has 1 aromatic heterocycles. The summed E-state index contributed by atoms with van der Waals surface area (Å²) in [7, 11) is 2.17. The zero-order valence-electron chi connectivity index (χ0n) is 19.4. The van der Waals surface area contributed by atoms with Gasteiger partial charge in [-0.3, -0.25) is 4.57 Å².